The monoisotopic (exact) mass is 216 g/mol. The molecule has 1 unspecified atom stereocenters. The Morgan fingerprint density at radius 1 is 1.50 bits per heavy atom. The van der Waals surface area contributed by atoms with Gasteiger partial charge in [-0.2, -0.15) is 0 Å². The predicted octanol–water partition coefficient (Wildman–Crippen LogP) is -0.385. The van der Waals surface area contributed by atoms with Crippen LogP contribution in [-0.4, -0.2) is 51.9 Å². The van der Waals surface area contributed by atoms with E-state index in [-0.39, 0.29) is 12.5 Å². The van der Waals surface area contributed by atoms with Crippen molar-refractivity contribution in [3.63, 3.8) is 0 Å². The number of carboxylic acid groups (broad SMARTS) is 1. The Bertz CT molecular complexity index is 269. The maximum absolute atomic E-state index is 11.2. The van der Waals surface area contributed by atoms with Gasteiger partial charge < -0.3 is 10.0 Å². The van der Waals surface area contributed by atoms with E-state index >= 15 is 0 Å². The van der Waals surface area contributed by atoms with Gasteiger partial charge in [0.05, 0.1) is 0 Å². The Balaban J connectivity index is 2.66. The Morgan fingerprint density at radius 3 is 2.64 bits per heavy atom. The number of aliphatic carboxylic acids is 1. The number of carbonyl (C=O) groups excluding carboxylic acids is 1. The fourth-order valence-corrected chi connectivity index (χ4v) is 1.57. The van der Waals surface area contributed by atoms with E-state index in [1.54, 1.807) is 0 Å². The first-order chi connectivity index (χ1) is 6.56. The van der Waals surface area contributed by atoms with Crippen LogP contribution in [0.4, 0.5) is 0 Å². The summed E-state index contributed by atoms with van der Waals surface area (Å²) < 4.78 is 1.43. The minimum Gasteiger partial charge on any atom is -0.480 e. The summed E-state index contributed by atoms with van der Waals surface area (Å²) in [4.78, 5) is 23.4. The second-order valence-electron chi connectivity index (χ2n) is 3.01. The van der Waals surface area contributed by atoms with Crippen molar-refractivity contribution in [1.29, 1.82) is 0 Å². The molecule has 14 heavy (non-hydrogen) atoms. The Hall–Kier alpha value is -1.01. The molecule has 0 bridgehead atoms. The number of hydrogen-bond donors (Lipinski definition) is 2. The molecular weight excluding hydrogens is 204 g/mol. The molecule has 1 fully saturated rings. The van der Waals surface area contributed by atoms with Crippen LogP contribution < -0.4 is 0 Å². The molecule has 5 nitrogen and oxygen atoms in total. The van der Waals surface area contributed by atoms with Crippen molar-refractivity contribution in [2.24, 2.45) is 0 Å². The fraction of sp³-hybridized carbons (Fsp3) is 0.500. The molecule has 1 saturated heterocycles. The van der Waals surface area contributed by atoms with E-state index in [0.717, 1.165) is 0 Å². The van der Waals surface area contributed by atoms with Gasteiger partial charge in [0.1, 0.15) is 6.04 Å². The van der Waals surface area contributed by atoms with Gasteiger partial charge in [0, 0.05) is 19.6 Å². The highest BCUT2D eigenvalue weighted by molar-refractivity contribution is 7.77. The number of nitrogens with zero attached hydrogens (tertiary/aromatic N) is 2. The van der Waals surface area contributed by atoms with Crippen LogP contribution in [0.1, 0.15) is 0 Å². The van der Waals surface area contributed by atoms with Crippen molar-refractivity contribution in [3.8, 4) is 0 Å². The maximum Gasteiger partial charge on any atom is 0.323 e. The van der Waals surface area contributed by atoms with Gasteiger partial charge in [0.15, 0.2) is 0 Å². The SMILES string of the molecule is C=CC(=O)N1CCN(S)C(C(=O)O)C1. The van der Waals surface area contributed by atoms with Crippen molar-refractivity contribution < 1.29 is 14.7 Å². The summed E-state index contributed by atoms with van der Waals surface area (Å²) >= 11 is 4.02. The minimum absolute atomic E-state index is 0.156. The van der Waals surface area contributed by atoms with E-state index in [1.807, 2.05) is 0 Å². The van der Waals surface area contributed by atoms with Crippen molar-refractivity contribution in [2.75, 3.05) is 19.6 Å². The number of amides is 1. The number of thiol groups is 1. The number of hydrogen-bond acceptors (Lipinski definition) is 4. The standard InChI is InChI=1S/C8H12N2O3S/c1-2-7(11)9-3-4-10(14)6(5-9)8(12)13/h2,6,14H,1,3-5H2,(H,12,13). The first kappa shape index (κ1) is 11.1. The van der Waals surface area contributed by atoms with Crippen molar-refractivity contribution in [2.45, 2.75) is 6.04 Å². The minimum atomic E-state index is -0.971. The van der Waals surface area contributed by atoms with Crippen LogP contribution in [0, 0.1) is 0 Å². The summed E-state index contributed by atoms with van der Waals surface area (Å²) in [6.07, 6.45) is 1.19. The van der Waals surface area contributed by atoms with E-state index in [2.05, 4.69) is 19.4 Å². The highest BCUT2D eigenvalue weighted by atomic mass is 32.1. The molecule has 1 aliphatic heterocycles. The summed E-state index contributed by atoms with van der Waals surface area (Å²) in [6.45, 7) is 4.44. The number of piperazine rings is 1. The van der Waals surface area contributed by atoms with Crippen LogP contribution in [0.3, 0.4) is 0 Å². The lowest BCUT2D eigenvalue weighted by Gasteiger charge is -2.35. The van der Waals surface area contributed by atoms with Gasteiger partial charge in [0.2, 0.25) is 5.91 Å². The van der Waals surface area contributed by atoms with Crippen LogP contribution in [0.15, 0.2) is 12.7 Å². The molecule has 0 aromatic rings. The molecule has 1 N–H and O–H groups in total. The fourth-order valence-electron chi connectivity index (χ4n) is 1.31. The zero-order chi connectivity index (χ0) is 10.7. The third-order valence-corrected chi connectivity index (χ3v) is 2.60. The van der Waals surface area contributed by atoms with Gasteiger partial charge in [-0.05, 0) is 6.08 Å². The van der Waals surface area contributed by atoms with Gasteiger partial charge >= 0.3 is 5.97 Å². The van der Waals surface area contributed by atoms with Crippen molar-refractivity contribution in [3.05, 3.63) is 12.7 Å². The predicted molar refractivity (Wildman–Crippen MR) is 53.9 cm³/mol. The van der Waals surface area contributed by atoms with Gasteiger partial charge in [-0.1, -0.05) is 19.4 Å². The van der Waals surface area contributed by atoms with E-state index in [4.69, 9.17) is 5.11 Å². The molecule has 0 aromatic heterocycles. The van der Waals surface area contributed by atoms with Gasteiger partial charge in [0.25, 0.3) is 0 Å². The normalized spacial score (nSPS) is 23.2. The van der Waals surface area contributed by atoms with E-state index in [0.29, 0.717) is 13.1 Å². The lowest BCUT2D eigenvalue weighted by atomic mass is 10.2. The topological polar surface area (TPSA) is 60.9 Å². The molecule has 0 aromatic carbocycles. The summed E-state index contributed by atoms with van der Waals surface area (Å²) in [5.74, 6) is -1.21. The quantitative estimate of drug-likeness (QED) is 0.488. The van der Waals surface area contributed by atoms with Gasteiger partial charge in [-0.15, -0.1) is 0 Å². The second-order valence-corrected chi connectivity index (χ2v) is 3.52. The second kappa shape index (κ2) is 4.47. The summed E-state index contributed by atoms with van der Waals surface area (Å²) in [5.41, 5.74) is 0. The van der Waals surface area contributed by atoms with Crippen LogP contribution in [0.25, 0.3) is 0 Å². The zero-order valence-corrected chi connectivity index (χ0v) is 8.48. The molecule has 0 saturated carbocycles. The molecule has 6 heteroatoms. The Morgan fingerprint density at radius 2 is 2.14 bits per heavy atom. The van der Waals surface area contributed by atoms with E-state index in [9.17, 15) is 9.59 Å². The Labute approximate surface area is 87.5 Å². The number of rotatable bonds is 2. The van der Waals surface area contributed by atoms with Crippen LogP contribution in [0.5, 0.6) is 0 Å². The van der Waals surface area contributed by atoms with Gasteiger partial charge in [-0.25, -0.2) is 4.31 Å². The summed E-state index contributed by atoms with van der Waals surface area (Å²) in [5, 5.41) is 8.83. The zero-order valence-electron chi connectivity index (χ0n) is 7.59. The summed E-state index contributed by atoms with van der Waals surface area (Å²) in [7, 11) is 0. The number of carboxylic acids is 1. The highest BCUT2D eigenvalue weighted by Gasteiger charge is 2.31. The molecule has 1 rings (SSSR count). The van der Waals surface area contributed by atoms with Crippen LogP contribution >= 0.6 is 12.8 Å². The number of carbonyl (C=O) groups is 2. The first-order valence-corrected chi connectivity index (χ1v) is 4.56. The molecular formula is C8H12N2O3S. The third kappa shape index (κ3) is 2.27. The van der Waals surface area contributed by atoms with E-state index in [1.165, 1.54) is 15.3 Å². The van der Waals surface area contributed by atoms with Crippen LogP contribution in [0.2, 0.25) is 0 Å². The van der Waals surface area contributed by atoms with Crippen molar-refractivity contribution >= 4 is 24.7 Å². The molecule has 1 heterocycles. The molecule has 1 amide bonds. The molecule has 1 atom stereocenters. The highest BCUT2D eigenvalue weighted by Crippen LogP contribution is 2.12. The molecule has 0 spiro atoms. The molecule has 0 radical (unpaired) electrons. The maximum atomic E-state index is 11.2. The van der Waals surface area contributed by atoms with Gasteiger partial charge in [-0.3, -0.25) is 9.59 Å². The smallest absolute Gasteiger partial charge is 0.323 e. The largest absolute Gasteiger partial charge is 0.480 e. The lowest BCUT2D eigenvalue weighted by Crippen LogP contribution is -2.54. The first-order valence-electron chi connectivity index (χ1n) is 4.16. The molecule has 0 aliphatic carbocycles. The third-order valence-electron chi connectivity index (χ3n) is 2.12. The van der Waals surface area contributed by atoms with Crippen molar-refractivity contribution in [1.82, 2.24) is 9.21 Å². The lowest BCUT2D eigenvalue weighted by molar-refractivity contribution is -0.144. The molecule has 1 aliphatic rings. The summed E-state index contributed by atoms with van der Waals surface area (Å²) in [6, 6.07) is -0.740. The average Bonchev–Trinajstić information content (AvgIpc) is 2.17. The Kier molecular flexibility index (Phi) is 3.54. The average molecular weight is 216 g/mol. The van der Waals surface area contributed by atoms with E-state index < -0.39 is 12.0 Å². The molecule has 78 valence electrons. The van der Waals surface area contributed by atoms with Crippen LogP contribution in [-0.2, 0) is 9.59 Å².